The molecule has 0 spiro atoms. The lowest BCUT2D eigenvalue weighted by atomic mass is 10.1. The lowest BCUT2D eigenvalue weighted by Crippen LogP contribution is -2.50. The van der Waals surface area contributed by atoms with Gasteiger partial charge < -0.3 is 14.7 Å². The molecule has 2 saturated heterocycles. The smallest absolute Gasteiger partial charge is 0.228 e. The number of amides is 2. The second-order valence-electron chi connectivity index (χ2n) is 7.66. The van der Waals surface area contributed by atoms with Crippen LogP contribution in [0.25, 0.3) is 0 Å². The van der Waals surface area contributed by atoms with Crippen LogP contribution in [0.5, 0.6) is 0 Å². The molecule has 2 aromatic carbocycles. The van der Waals surface area contributed by atoms with Crippen LogP contribution >= 0.6 is 0 Å². The Balaban J connectivity index is 1.36. The summed E-state index contributed by atoms with van der Waals surface area (Å²) in [6.45, 7) is 4.86. The molecule has 1 atom stereocenters. The summed E-state index contributed by atoms with van der Waals surface area (Å²) in [5.41, 5.74) is 2.53. The number of ketones is 1. The van der Waals surface area contributed by atoms with Gasteiger partial charge in [0.1, 0.15) is 0 Å². The van der Waals surface area contributed by atoms with Crippen molar-refractivity contribution < 1.29 is 14.4 Å². The van der Waals surface area contributed by atoms with E-state index >= 15 is 0 Å². The van der Waals surface area contributed by atoms with Crippen molar-refractivity contribution in [2.75, 3.05) is 42.5 Å². The van der Waals surface area contributed by atoms with Gasteiger partial charge in [-0.1, -0.05) is 18.2 Å². The summed E-state index contributed by atoms with van der Waals surface area (Å²) in [6.07, 6.45) is 0.242. The first-order chi connectivity index (χ1) is 14.0. The normalized spacial score (nSPS) is 19.6. The Labute approximate surface area is 170 Å². The zero-order valence-corrected chi connectivity index (χ0v) is 16.6. The Morgan fingerprint density at radius 1 is 0.862 bits per heavy atom. The summed E-state index contributed by atoms with van der Waals surface area (Å²) in [5.74, 6) is -0.291. The minimum absolute atomic E-state index is 0.00741. The number of carbonyl (C=O) groups is 3. The highest BCUT2D eigenvalue weighted by molar-refractivity contribution is 6.01. The number of hydrogen-bond donors (Lipinski definition) is 0. The van der Waals surface area contributed by atoms with Crippen molar-refractivity contribution in [3.05, 3.63) is 60.2 Å². The number of hydrogen-bond acceptors (Lipinski definition) is 4. The van der Waals surface area contributed by atoms with Crippen LogP contribution in [0.2, 0.25) is 0 Å². The lowest BCUT2D eigenvalue weighted by Gasteiger charge is -2.37. The van der Waals surface area contributed by atoms with E-state index in [1.165, 1.54) is 12.6 Å². The van der Waals surface area contributed by atoms with Gasteiger partial charge in [-0.3, -0.25) is 14.4 Å². The number of piperazine rings is 1. The number of benzene rings is 2. The molecule has 2 aliphatic rings. The van der Waals surface area contributed by atoms with Gasteiger partial charge in [-0.2, -0.15) is 0 Å². The van der Waals surface area contributed by atoms with Crippen LogP contribution in [-0.2, 0) is 9.59 Å². The summed E-state index contributed by atoms with van der Waals surface area (Å²) in [5, 5.41) is 0. The van der Waals surface area contributed by atoms with Gasteiger partial charge in [-0.25, -0.2) is 0 Å². The molecule has 0 aromatic heterocycles. The molecule has 6 nitrogen and oxygen atoms in total. The Hall–Kier alpha value is -3.15. The fraction of sp³-hybridized carbons (Fsp3) is 0.348. The van der Waals surface area contributed by atoms with E-state index in [9.17, 15) is 14.4 Å². The zero-order valence-electron chi connectivity index (χ0n) is 16.6. The van der Waals surface area contributed by atoms with Gasteiger partial charge in [0.15, 0.2) is 5.78 Å². The van der Waals surface area contributed by atoms with Gasteiger partial charge in [-0.05, 0) is 43.3 Å². The van der Waals surface area contributed by atoms with Gasteiger partial charge in [0.2, 0.25) is 11.8 Å². The summed E-state index contributed by atoms with van der Waals surface area (Å²) >= 11 is 0. The highest BCUT2D eigenvalue weighted by atomic mass is 16.2. The van der Waals surface area contributed by atoms with Crippen LogP contribution in [0.4, 0.5) is 11.4 Å². The Bertz CT molecular complexity index is 903. The summed E-state index contributed by atoms with van der Waals surface area (Å²) in [7, 11) is 0. The second kappa shape index (κ2) is 8.07. The third-order valence-corrected chi connectivity index (χ3v) is 5.77. The number of nitrogens with zero attached hydrogens (tertiary/aromatic N) is 3. The summed E-state index contributed by atoms with van der Waals surface area (Å²) in [6, 6.07) is 17.2. The second-order valence-corrected chi connectivity index (χ2v) is 7.66. The quantitative estimate of drug-likeness (QED) is 0.752. The van der Waals surface area contributed by atoms with Crippen molar-refractivity contribution >= 4 is 29.0 Å². The average molecular weight is 391 g/mol. The molecule has 2 aromatic rings. The first-order valence-electron chi connectivity index (χ1n) is 10.0. The van der Waals surface area contributed by atoms with Crippen molar-refractivity contribution in [3.63, 3.8) is 0 Å². The van der Waals surface area contributed by atoms with Crippen molar-refractivity contribution in [2.24, 2.45) is 5.92 Å². The van der Waals surface area contributed by atoms with Crippen molar-refractivity contribution in [1.82, 2.24) is 4.90 Å². The number of carbonyl (C=O) groups excluding carboxylic acids is 3. The average Bonchev–Trinajstić information content (AvgIpc) is 3.15. The minimum Gasteiger partial charge on any atom is -0.368 e. The number of rotatable bonds is 4. The van der Waals surface area contributed by atoms with E-state index in [1.807, 2.05) is 23.1 Å². The maximum Gasteiger partial charge on any atom is 0.228 e. The van der Waals surface area contributed by atoms with E-state index in [1.54, 1.807) is 29.2 Å². The summed E-state index contributed by atoms with van der Waals surface area (Å²) < 4.78 is 0. The SMILES string of the molecule is CC(=O)c1ccc(N2CC(C(=O)N3CCN(c4ccccc4)CC3)CC2=O)cc1. The largest absolute Gasteiger partial charge is 0.368 e. The van der Waals surface area contributed by atoms with Gasteiger partial charge in [-0.15, -0.1) is 0 Å². The molecule has 29 heavy (non-hydrogen) atoms. The molecule has 0 aliphatic carbocycles. The molecule has 2 amide bonds. The molecular formula is C23H25N3O3. The van der Waals surface area contributed by atoms with E-state index in [4.69, 9.17) is 0 Å². The van der Waals surface area contributed by atoms with Crippen LogP contribution in [0.3, 0.4) is 0 Å². The van der Waals surface area contributed by atoms with Crippen molar-refractivity contribution in [3.8, 4) is 0 Å². The van der Waals surface area contributed by atoms with E-state index in [-0.39, 0.29) is 29.9 Å². The van der Waals surface area contributed by atoms with Crippen molar-refractivity contribution in [1.29, 1.82) is 0 Å². The Morgan fingerprint density at radius 3 is 2.14 bits per heavy atom. The molecule has 0 radical (unpaired) electrons. The first-order valence-corrected chi connectivity index (χ1v) is 10.0. The van der Waals surface area contributed by atoms with E-state index in [2.05, 4.69) is 17.0 Å². The van der Waals surface area contributed by atoms with Crippen LogP contribution in [-0.4, -0.2) is 55.2 Å². The predicted octanol–water partition coefficient (Wildman–Crippen LogP) is 2.59. The van der Waals surface area contributed by atoms with Crippen LogP contribution < -0.4 is 9.80 Å². The highest BCUT2D eigenvalue weighted by Crippen LogP contribution is 2.27. The standard InChI is InChI=1S/C23H25N3O3/c1-17(27)18-7-9-21(10-8-18)26-16-19(15-22(26)28)23(29)25-13-11-24(12-14-25)20-5-3-2-4-6-20/h2-10,19H,11-16H2,1H3. The Morgan fingerprint density at radius 2 is 1.52 bits per heavy atom. The van der Waals surface area contributed by atoms with Crippen molar-refractivity contribution in [2.45, 2.75) is 13.3 Å². The molecule has 1 unspecified atom stereocenters. The van der Waals surface area contributed by atoms with E-state index < -0.39 is 0 Å². The maximum atomic E-state index is 13.0. The topological polar surface area (TPSA) is 60.9 Å². The van der Waals surface area contributed by atoms with E-state index in [0.29, 0.717) is 25.2 Å². The van der Waals surface area contributed by atoms with Crippen LogP contribution in [0.1, 0.15) is 23.7 Å². The van der Waals surface area contributed by atoms with Crippen LogP contribution in [0.15, 0.2) is 54.6 Å². The Kier molecular flexibility index (Phi) is 5.34. The molecule has 4 rings (SSSR count). The predicted molar refractivity (Wildman–Crippen MR) is 112 cm³/mol. The number of para-hydroxylation sites is 1. The molecular weight excluding hydrogens is 366 g/mol. The lowest BCUT2D eigenvalue weighted by molar-refractivity contribution is -0.136. The van der Waals surface area contributed by atoms with Gasteiger partial charge in [0.25, 0.3) is 0 Å². The molecule has 2 heterocycles. The van der Waals surface area contributed by atoms with Crippen LogP contribution in [0, 0.1) is 5.92 Å². The number of Topliss-reactive ketones (excluding diaryl/α,β-unsaturated/α-hetero) is 1. The van der Waals surface area contributed by atoms with E-state index in [0.717, 1.165) is 18.8 Å². The highest BCUT2D eigenvalue weighted by Gasteiger charge is 2.38. The number of anilines is 2. The zero-order chi connectivity index (χ0) is 20.4. The molecule has 2 fully saturated rings. The molecule has 0 N–H and O–H groups in total. The third kappa shape index (κ3) is 4.01. The maximum absolute atomic E-state index is 13.0. The molecule has 0 saturated carbocycles. The first kappa shape index (κ1) is 19.2. The van der Waals surface area contributed by atoms with Gasteiger partial charge >= 0.3 is 0 Å². The molecule has 150 valence electrons. The monoisotopic (exact) mass is 391 g/mol. The van der Waals surface area contributed by atoms with Gasteiger partial charge in [0.05, 0.1) is 5.92 Å². The molecule has 6 heteroatoms. The minimum atomic E-state index is -0.307. The van der Waals surface area contributed by atoms with Gasteiger partial charge in [0, 0.05) is 56.1 Å². The summed E-state index contributed by atoms with van der Waals surface area (Å²) in [4.78, 5) is 42.8. The molecule has 2 aliphatic heterocycles. The molecule has 0 bridgehead atoms. The third-order valence-electron chi connectivity index (χ3n) is 5.77. The fourth-order valence-corrected chi connectivity index (χ4v) is 4.08. The fourth-order valence-electron chi connectivity index (χ4n) is 4.08.